The third-order valence-electron chi connectivity index (χ3n) is 12.3. The molecule has 0 saturated heterocycles. The van der Waals surface area contributed by atoms with Crippen LogP contribution in [0.25, 0.3) is 0 Å². The molecule has 1 atom stereocenters. The molecular weight excluding hydrogens is 925 g/mol. The first kappa shape index (κ1) is 70.3. The minimum absolute atomic E-state index is 0.106. The van der Waals surface area contributed by atoms with Crippen LogP contribution >= 0.6 is 0 Å². The summed E-state index contributed by atoms with van der Waals surface area (Å²) in [5.41, 5.74) is 0. The van der Waals surface area contributed by atoms with E-state index in [2.05, 4.69) is 167 Å². The van der Waals surface area contributed by atoms with E-state index in [0.717, 1.165) is 161 Å². The predicted octanol–water partition coefficient (Wildman–Crippen LogP) is 20.8. The summed E-state index contributed by atoms with van der Waals surface area (Å²) in [6.45, 7) is 6.33. The Morgan fingerprint density at radius 1 is 0.280 bits per heavy atom. The molecule has 0 saturated carbocycles. The lowest BCUT2D eigenvalue weighted by molar-refractivity contribution is -0.167. The van der Waals surface area contributed by atoms with Gasteiger partial charge in [-0.3, -0.25) is 14.4 Å². The minimum Gasteiger partial charge on any atom is -0.462 e. The van der Waals surface area contributed by atoms with Crippen molar-refractivity contribution in [2.75, 3.05) is 13.2 Å². The van der Waals surface area contributed by atoms with E-state index in [1.165, 1.54) is 51.4 Å². The zero-order chi connectivity index (χ0) is 54.3. The molecule has 0 aromatic carbocycles. The van der Waals surface area contributed by atoms with Gasteiger partial charge in [0, 0.05) is 19.3 Å². The molecule has 0 aliphatic heterocycles. The van der Waals surface area contributed by atoms with Gasteiger partial charge in [0.25, 0.3) is 0 Å². The van der Waals surface area contributed by atoms with Crippen molar-refractivity contribution in [2.45, 2.75) is 258 Å². The number of ether oxygens (including phenoxy) is 3. The van der Waals surface area contributed by atoms with E-state index < -0.39 is 6.10 Å². The molecule has 0 radical (unpaired) electrons. The average Bonchev–Trinajstić information content (AvgIpc) is 3.41. The van der Waals surface area contributed by atoms with E-state index in [0.29, 0.717) is 19.3 Å². The van der Waals surface area contributed by atoms with E-state index in [4.69, 9.17) is 14.2 Å². The molecule has 0 aromatic heterocycles. The Morgan fingerprint density at radius 2 is 0.520 bits per heavy atom. The Balaban J connectivity index is 4.43. The van der Waals surface area contributed by atoms with Crippen molar-refractivity contribution in [3.05, 3.63) is 146 Å². The topological polar surface area (TPSA) is 78.9 Å². The van der Waals surface area contributed by atoms with E-state index >= 15 is 0 Å². The summed E-state index contributed by atoms with van der Waals surface area (Å²) >= 11 is 0. The van der Waals surface area contributed by atoms with E-state index in [-0.39, 0.29) is 31.1 Å². The number of carbonyl (C=O) groups is 3. The van der Waals surface area contributed by atoms with Crippen molar-refractivity contribution >= 4 is 17.9 Å². The Morgan fingerprint density at radius 3 is 0.827 bits per heavy atom. The summed E-state index contributed by atoms with van der Waals surface area (Å²) in [6, 6.07) is 0. The van der Waals surface area contributed by atoms with E-state index in [1.54, 1.807) is 0 Å². The van der Waals surface area contributed by atoms with E-state index in [1.807, 2.05) is 0 Å². The molecule has 6 heteroatoms. The number of rotatable bonds is 53. The molecule has 0 bridgehead atoms. The summed E-state index contributed by atoms with van der Waals surface area (Å²) in [4.78, 5) is 38.2. The summed E-state index contributed by atoms with van der Waals surface area (Å²) < 4.78 is 16.8. The molecule has 0 aromatic rings. The van der Waals surface area contributed by atoms with Gasteiger partial charge >= 0.3 is 17.9 Å². The lowest BCUT2D eigenvalue weighted by Gasteiger charge is -2.18. The van der Waals surface area contributed by atoms with Gasteiger partial charge in [0.05, 0.1) is 0 Å². The number of hydrogen-bond donors (Lipinski definition) is 0. The zero-order valence-electron chi connectivity index (χ0n) is 48.3. The normalized spacial score (nSPS) is 13.2. The van der Waals surface area contributed by atoms with Gasteiger partial charge in [-0.2, -0.15) is 0 Å². The van der Waals surface area contributed by atoms with Gasteiger partial charge in [-0.05, 0) is 141 Å². The molecule has 0 heterocycles. The first-order chi connectivity index (χ1) is 37.0. The molecule has 0 fully saturated rings. The highest BCUT2D eigenvalue weighted by molar-refractivity contribution is 5.71. The van der Waals surface area contributed by atoms with Crippen molar-refractivity contribution in [1.82, 2.24) is 0 Å². The van der Waals surface area contributed by atoms with Gasteiger partial charge < -0.3 is 14.2 Å². The molecule has 0 aliphatic carbocycles. The SMILES string of the molecule is CC/C=C\C/C=C\C/C=C\C/C=C\C/C=C\C/C=C\C/C=C\CCCCCCCC(=O)OCC(COC(=O)CCCCC/C=C\C/C=C\C/C=C\CC)OC(=O)CCCCCCCCC/C=C\C/C=C\CCCCC. The average molecular weight is 1040 g/mol. The third kappa shape index (κ3) is 60.0. The highest BCUT2D eigenvalue weighted by atomic mass is 16.6. The molecule has 0 rings (SSSR count). The smallest absolute Gasteiger partial charge is 0.306 e. The monoisotopic (exact) mass is 1030 g/mol. The fourth-order valence-electron chi connectivity index (χ4n) is 7.82. The summed E-state index contributed by atoms with van der Waals surface area (Å²) in [5.74, 6) is -0.966. The molecule has 75 heavy (non-hydrogen) atoms. The van der Waals surface area contributed by atoms with Crippen LogP contribution in [-0.4, -0.2) is 37.2 Å². The Labute approximate surface area is 461 Å². The van der Waals surface area contributed by atoms with Crippen LogP contribution < -0.4 is 0 Å². The third-order valence-corrected chi connectivity index (χ3v) is 12.3. The number of esters is 3. The van der Waals surface area contributed by atoms with Gasteiger partial charge in [-0.1, -0.05) is 237 Å². The summed E-state index contributed by atoms with van der Waals surface area (Å²) in [6.07, 6.45) is 88.4. The minimum atomic E-state index is -0.810. The number of hydrogen-bond acceptors (Lipinski definition) is 6. The largest absolute Gasteiger partial charge is 0.462 e. The van der Waals surface area contributed by atoms with Gasteiger partial charge in [0.2, 0.25) is 0 Å². The molecule has 0 spiro atoms. The lowest BCUT2D eigenvalue weighted by Crippen LogP contribution is -2.30. The Hall–Kier alpha value is -4.71. The molecule has 1 unspecified atom stereocenters. The van der Waals surface area contributed by atoms with Crippen LogP contribution in [0.2, 0.25) is 0 Å². The number of allylic oxidation sites excluding steroid dienone is 24. The van der Waals surface area contributed by atoms with Crippen molar-refractivity contribution < 1.29 is 28.6 Å². The fourth-order valence-corrected chi connectivity index (χ4v) is 7.82. The fraction of sp³-hybridized carbons (Fsp3) is 0.609. The van der Waals surface area contributed by atoms with Crippen molar-refractivity contribution in [2.24, 2.45) is 0 Å². The van der Waals surface area contributed by atoms with Crippen LogP contribution in [0.3, 0.4) is 0 Å². The Bertz CT molecular complexity index is 1660. The van der Waals surface area contributed by atoms with Crippen molar-refractivity contribution in [1.29, 1.82) is 0 Å². The second-order valence-electron chi connectivity index (χ2n) is 19.5. The number of unbranched alkanes of at least 4 members (excludes halogenated alkanes) is 18. The van der Waals surface area contributed by atoms with Crippen molar-refractivity contribution in [3.8, 4) is 0 Å². The second kappa shape index (κ2) is 61.8. The predicted molar refractivity (Wildman–Crippen MR) is 325 cm³/mol. The first-order valence-electron chi connectivity index (χ1n) is 30.3. The highest BCUT2D eigenvalue weighted by Crippen LogP contribution is 2.14. The lowest BCUT2D eigenvalue weighted by atomic mass is 10.1. The van der Waals surface area contributed by atoms with E-state index in [9.17, 15) is 14.4 Å². The van der Waals surface area contributed by atoms with Crippen LogP contribution in [-0.2, 0) is 28.6 Å². The van der Waals surface area contributed by atoms with Gasteiger partial charge in [-0.15, -0.1) is 0 Å². The standard InChI is InChI=1S/C69H110O6/c1-4-7-10-13-16-19-22-25-27-29-30-31-32-33-34-35-36-37-38-40-41-44-47-50-53-56-59-62-68(71)74-65-66(64-73-67(70)61-58-55-52-49-46-43-24-21-18-15-12-9-6-3)75-69(72)63-60-57-54-51-48-45-42-39-28-26-23-20-17-14-11-8-5-2/h7,9-10,12,16-21,25-28,30-31,33-34,36-37,40-41,43,46,66H,4-6,8,11,13-15,22-24,29,32,35,38-39,42,44-45,47-65H2,1-3H3/b10-7-,12-9-,19-16-,20-17-,21-18-,27-25-,28-26-,31-30-,34-33-,37-36-,41-40-,46-43-. The molecule has 0 amide bonds. The Kier molecular flexibility index (Phi) is 58.0. The van der Waals surface area contributed by atoms with Crippen LogP contribution in [0.4, 0.5) is 0 Å². The van der Waals surface area contributed by atoms with Crippen LogP contribution in [0.5, 0.6) is 0 Å². The summed E-state index contributed by atoms with van der Waals surface area (Å²) in [5, 5.41) is 0. The molecule has 0 aliphatic rings. The van der Waals surface area contributed by atoms with Crippen LogP contribution in [0.1, 0.15) is 252 Å². The van der Waals surface area contributed by atoms with Gasteiger partial charge in [-0.25, -0.2) is 0 Å². The van der Waals surface area contributed by atoms with Crippen LogP contribution in [0.15, 0.2) is 146 Å². The van der Waals surface area contributed by atoms with Gasteiger partial charge in [0.15, 0.2) is 6.10 Å². The molecule has 0 N–H and O–H groups in total. The first-order valence-corrected chi connectivity index (χ1v) is 30.3. The molecular formula is C69H110O6. The number of carbonyl (C=O) groups excluding carboxylic acids is 3. The highest BCUT2D eigenvalue weighted by Gasteiger charge is 2.19. The quantitative estimate of drug-likeness (QED) is 0.0261. The molecule has 422 valence electrons. The summed E-state index contributed by atoms with van der Waals surface area (Å²) in [7, 11) is 0. The second-order valence-corrected chi connectivity index (χ2v) is 19.5. The maximum atomic E-state index is 12.9. The maximum Gasteiger partial charge on any atom is 0.306 e. The molecule has 6 nitrogen and oxygen atoms in total. The van der Waals surface area contributed by atoms with Gasteiger partial charge in [0.1, 0.15) is 13.2 Å². The van der Waals surface area contributed by atoms with Crippen molar-refractivity contribution in [3.63, 3.8) is 0 Å². The maximum absolute atomic E-state index is 12.9. The van der Waals surface area contributed by atoms with Crippen LogP contribution in [0, 0.1) is 0 Å². The zero-order valence-corrected chi connectivity index (χ0v) is 48.3.